The summed E-state index contributed by atoms with van der Waals surface area (Å²) >= 11 is 0. The maximum atomic E-state index is 12.6. The van der Waals surface area contributed by atoms with E-state index in [-0.39, 0.29) is 17.0 Å². The van der Waals surface area contributed by atoms with Gasteiger partial charge in [0, 0.05) is 30.1 Å². The summed E-state index contributed by atoms with van der Waals surface area (Å²) in [5, 5.41) is 4.12. The Morgan fingerprint density at radius 1 is 0.794 bits per heavy atom. The van der Waals surface area contributed by atoms with Crippen LogP contribution in [-0.2, 0) is 16.6 Å². The number of sulfonamides is 1. The van der Waals surface area contributed by atoms with Crippen molar-refractivity contribution in [2.24, 2.45) is 0 Å². The highest BCUT2D eigenvalue weighted by atomic mass is 32.2. The molecule has 1 aromatic heterocycles. The van der Waals surface area contributed by atoms with Gasteiger partial charge in [0.1, 0.15) is 0 Å². The quantitative estimate of drug-likeness (QED) is 0.355. The molecule has 2 amide bonds. The maximum absolute atomic E-state index is 12.6. The molecule has 9 nitrogen and oxygen atoms in total. The van der Waals surface area contributed by atoms with Gasteiger partial charge >= 0.3 is 0 Å². The minimum absolute atomic E-state index is 0.0587. The number of rotatable bonds is 7. The zero-order valence-electron chi connectivity index (χ0n) is 17.9. The van der Waals surface area contributed by atoms with Gasteiger partial charge in [0.2, 0.25) is 10.0 Å². The molecular formula is C24H21N5O4S. The van der Waals surface area contributed by atoms with Crippen molar-refractivity contribution in [2.75, 3.05) is 0 Å². The van der Waals surface area contributed by atoms with Crippen molar-refractivity contribution in [3.05, 3.63) is 114 Å². The summed E-state index contributed by atoms with van der Waals surface area (Å²) in [5.41, 5.74) is 6.63. The molecule has 3 aromatic carbocycles. The number of nitrogens with one attached hydrogen (secondary N) is 3. The van der Waals surface area contributed by atoms with Crippen LogP contribution in [0, 0.1) is 0 Å². The smallest absolute Gasteiger partial charge is 0.267 e. The van der Waals surface area contributed by atoms with Gasteiger partial charge in [0.15, 0.2) is 0 Å². The van der Waals surface area contributed by atoms with Crippen LogP contribution in [0.15, 0.2) is 102 Å². The first-order valence-electron chi connectivity index (χ1n) is 10.3. The molecule has 0 saturated carbocycles. The van der Waals surface area contributed by atoms with E-state index in [1.807, 2.05) is 18.2 Å². The highest BCUT2D eigenvalue weighted by Gasteiger charge is 2.17. The summed E-state index contributed by atoms with van der Waals surface area (Å²) in [5.74, 6) is -1.17. The minimum atomic E-state index is -3.84. The molecule has 0 unspecified atom stereocenters. The van der Waals surface area contributed by atoms with Gasteiger partial charge in [-0.05, 0) is 54.1 Å². The molecule has 0 aliphatic rings. The topological polar surface area (TPSA) is 122 Å². The molecule has 4 aromatic rings. The molecule has 0 saturated heterocycles. The lowest BCUT2D eigenvalue weighted by Gasteiger charge is -2.10. The highest BCUT2D eigenvalue weighted by Crippen LogP contribution is 2.13. The number of hydrogen-bond acceptors (Lipinski definition) is 5. The SMILES string of the molecule is O=C(NNC(=O)c1cccc(S(=O)(=O)NCc2ccccc2)c1)c1ccc(-n2cccn2)cc1. The zero-order chi connectivity index (χ0) is 24.0. The number of benzene rings is 3. The van der Waals surface area contributed by atoms with E-state index in [1.165, 1.54) is 24.3 Å². The average Bonchev–Trinajstić information content (AvgIpc) is 3.42. The lowest BCUT2D eigenvalue weighted by molar-refractivity contribution is 0.0846. The normalized spacial score (nSPS) is 11.1. The summed E-state index contributed by atoms with van der Waals surface area (Å²) in [4.78, 5) is 24.8. The van der Waals surface area contributed by atoms with Crippen LogP contribution in [0.4, 0.5) is 0 Å². The zero-order valence-corrected chi connectivity index (χ0v) is 18.7. The van der Waals surface area contributed by atoms with Crippen LogP contribution in [0.5, 0.6) is 0 Å². The first kappa shape index (κ1) is 22.9. The van der Waals surface area contributed by atoms with E-state index in [4.69, 9.17) is 0 Å². The van der Waals surface area contributed by atoms with Crippen LogP contribution >= 0.6 is 0 Å². The number of carbonyl (C=O) groups excluding carboxylic acids is 2. The van der Waals surface area contributed by atoms with E-state index in [9.17, 15) is 18.0 Å². The Kier molecular flexibility index (Phi) is 6.81. The largest absolute Gasteiger partial charge is 0.269 e. The van der Waals surface area contributed by atoms with Gasteiger partial charge in [0.25, 0.3) is 11.8 Å². The average molecular weight is 476 g/mol. The van der Waals surface area contributed by atoms with E-state index < -0.39 is 21.8 Å². The molecule has 0 fully saturated rings. The summed E-state index contributed by atoms with van der Waals surface area (Å²) in [6.07, 6.45) is 3.43. The van der Waals surface area contributed by atoms with Crippen molar-refractivity contribution < 1.29 is 18.0 Å². The number of amides is 2. The van der Waals surface area contributed by atoms with E-state index in [2.05, 4.69) is 20.7 Å². The third kappa shape index (κ3) is 5.55. The van der Waals surface area contributed by atoms with Gasteiger partial charge in [-0.2, -0.15) is 5.10 Å². The second kappa shape index (κ2) is 10.1. The monoisotopic (exact) mass is 475 g/mol. The van der Waals surface area contributed by atoms with E-state index >= 15 is 0 Å². The molecule has 0 atom stereocenters. The number of carbonyl (C=O) groups is 2. The Morgan fingerprint density at radius 2 is 1.50 bits per heavy atom. The molecule has 0 aliphatic heterocycles. The summed E-state index contributed by atoms with van der Waals surface area (Å²) in [6.45, 7) is 0.120. The van der Waals surface area contributed by atoms with E-state index in [1.54, 1.807) is 59.5 Å². The number of hydrazine groups is 1. The Bertz CT molecular complexity index is 1390. The number of aromatic nitrogens is 2. The third-order valence-corrected chi connectivity index (χ3v) is 6.30. The number of nitrogens with zero attached hydrogens (tertiary/aromatic N) is 2. The Morgan fingerprint density at radius 3 is 2.18 bits per heavy atom. The van der Waals surface area contributed by atoms with Crippen molar-refractivity contribution in [2.45, 2.75) is 11.4 Å². The van der Waals surface area contributed by atoms with Crippen molar-refractivity contribution in [1.82, 2.24) is 25.4 Å². The lowest BCUT2D eigenvalue weighted by Crippen LogP contribution is -2.41. The Labute approximate surface area is 196 Å². The van der Waals surface area contributed by atoms with Gasteiger partial charge in [0.05, 0.1) is 10.6 Å². The van der Waals surface area contributed by atoms with Gasteiger partial charge in [-0.25, -0.2) is 17.8 Å². The molecule has 1 heterocycles. The standard InChI is InChI=1S/C24H21N5O4S/c30-23(19-10-12-21(13-11-19)29-15-5-14-25-29)27-28-24(31)20-8-4-9-22(16-20)34(32,33)26-17-18-6-2-1-3-7-18/h1-16,26H,17H2,(H,27,30)(H,28,31). The van der Waals surface area contributed by atoms with Crippen molar-refractivity contribution in [1.29, 1.82) is 0 Å². The lowest BCUT2D eigenvalue weighted by atomic mass is 10.2. The maximum Gasteiger partial charge on any atom is 0.269 e. The fraction of sp³-hybridized carbons (Fsp3) is 0.0417. The summed E-state index contributed by atoms with van der Waals surface area (Å²) < 4.78 is 29.4. The van der Waals surface area contributed by atoms with E-state index in [0.717, 1.165) is 11.3 Å². The molecule has 10 heteroatoms. The van der Waals surface area contributed by atoms with Crippen LogP contribution in [0.1, 0.15) is 26.3 Å². The van der Waals surface area contributed by atoms with Gasteiger partial charge in [-0.3, -0.25) is 20.4 Å². The minimum Gasteiger partial charge on any atom is -0.267 e. The molecule has 34 heavy (non-hydrogen) atoms. The predicted molar refractivity (Wildman–Crippen MR) is 125 cm³/mol. The molecule has 172 valence electrons. The molecule has 0 aliphatic carbocycles. The molecular weight excluding hydrogens is 454 g/mol. The molecule has 0 radical (unpaired) electrons. The van der Waals surface area contributed by atoms with E-state index in [0.29, 0.717) is 5.56 Å². The first-order valence-corrected chi connectivity index (χ1v) is 11.8. The van der Waals surface area contributed by atoms with Crippen LogP contribution in [-0.4, -0.2) is 30.0 Å². The molecule has 0 bridgehead atoms. The molecule has 3 N–H and O–H groups in total. The van der Waals surface area contributed by atoms with Gasteiger partial charge in [-0.1, -0.05) is 36.4 Å². The fourth-order valence-corrected chi connectivity index (χ4v) is 4.17. The first-order chi connectivity index (χ1) is 16.4. The van der Waals surface area contributed by atoms with Gasteiger partial charge < -0.3 is 0 Å². The Balaban J connectivity index is 1.37. The number of hydrogen-bond donors (Lipinski definition) is 3. The molecule has 0 spiro atoms. The van der Waals surface area contributed by atoms with Crippen LogP contribution in [0.3, 0.4) is 0 Å². The summed E-state index contributed by atoms with van der Waals surface area (Å²) in [7, 11) is -3.84. The molecule has 4 rings (SSSR count). The van der Waals surface area contributed by atoms with Crippen molar-refractivity contribution >= 4 is 21.8 Å². The highest BCUT2D eigenvalue weighted by molar-refractivity contribution is 7.89. The van der Waals surface area contributed by atoms with Crippen molar-refractivity contribution in [3.63, 3.8) is 0 Å². The third-order valence-electron chi connectivity index (χ3n) is 4.90. The second-order valence-electron chi connectivity index (χ2n) is 7.24. The second-order valence-corrected chi connectivity index (χ2v) is 9.01. The van der Waals surface area contributed by atoms with Crippen LogP contribution < -0.4 is 15.6 Å². The summed E-state index contributed by atoms with van der Waals surface area (Å²) in [6, 6.07) is 23.1. The van der Waals surface area contributed by atoms with Crippen LogP contribution in [0.2, 0.25) is 0 Å². The fourth-order valence-electron chi connectivity index (χ4n) is 3.11. The predicted octanol–water partition coefficient (Wildman–Crippen LogP) is 2.43. The van der Waals surface area contributed by atoms with Crippen molar-refractivity contribution in [3.8, 4) is 5.69 Å². The van der Waals surface area contributed by atoms with Crippen LogP contribution in [0.25, 0.3) is 5.69 Å². The van der Waals surface area contributed by atoms with Gasteiger partial charge in [-0.15, -0.1) is 0 Å². The Hall–Kier alpha value is -4.28.